The Morgan fingerprint density at radius 2 is 2.00 bits per heavy atom. The topological polar surface area (TPSA) is 35.5 Å². The molecule has 0 N–H and O–H groups in total. The zero-order valence-electron chi connectivity index (χ0n) is 8.54. The summed E-state index contributed by atoms with van der Waals surface area (Å²) in [5.41, 5.74) is 0. The molecule has 0 aromatic heterocycles. The average Bonchev–Trinajstić information content (AvgIpc) is 2.72. The van der Waals surface area contributed by atoms with Gasteiger partial charge in [0.15, 0.2) is 5.78 Å². The molecule has 1 heterocycles. The monoisotopic (exact) mass is 198 g/mol. The lowest BCUT2D eigenvalue weighted by molar-refractivity contribution is -0.146. The zero-order chi connectivity index (χ0) is 9.80. The smallest absolute Gasteiger partial charge is 0.164 e. The fraction of sp³-hybridized carbons (Fsp3) is 0.909. The zero-order valence-corrected chi connectivity index (χ0v) is 8.54. The van der Waals surface area contributed by atoms with Gasteiger partial charge in [-0.3, -0.25) is 4.79 Å². The molecule has 1 atom stereocenters. The summed E-state index contributed by atoms with van der Waals surface area (Å²) in [5, 5.41) is 0. The molecular formula is C11H18O3. The third-order valence-electron chi connectivity index (χ3n) is 3.14. The van der Waals surface area contributed by atoms with Crippen LogP contribution in [-0.4, -0.2) is 31.7 Å². The molecule has 0 bridgehead atoms. The first-order valence-corrected chi connectivity index (χ1v) is 5.58. The summed E-state index contributed by atoms with van der Waals surface area (Å²) in [4.78, 5) is 11.7. The van der Waals surface area contributed by atoms with Gasteiger partial charge in [0.05, 0.1) is 19.8 Å². The van der Waals surface area contributed by atoms with Crippen LogP contribution in [0.1, 0.15) is 32.1 Å². The lowest BCUT2D eigenvalue weighted by Crippen LogP contribution is -2.36. The maximum Gasteiger partial charge on any atom is 0.164 e. The molecule has 1 aliphatic carbocycles. The largest absolute Gasteiger partial charge is 0.376 e. The van der Waals surface area contributed by atoms with Crippen LogP contribution in [0.3, 0.4) is 0 Å². The van der Waals surface area contributed by atoms with Crippen molar-refractivity contribution in [1.82, 2.24) is 0 Å². The van der Waals surface area contributed by atoms with Crippen LogP contribution in [0.25, 0.3) is 0 Å². The molecule has 2 aliphatic rings. The van der Waals surface area contributed by atoms with Crippen molar-refractivity contribution in [2.24, 2.45) is 5.92 Å². The van der Waals surface area contributed by atoms with E-state index in [9.17, 15) is 4.79 Å². The maximum absolute atomic E-state index is 11.7. The van der Waals surface area contributed by atoms with E-state index in [1.165, 1.54) is 25.7 Å². The Morgan fingerprint density at radius 1 is 1.21 bits per heavy atom. The first-order valence-electron chi connectivity index (χ1n) is 5.58. The fourth-order valence-electron chi connectivity index (χ4n) is 2.30. The lowest BCUT2D eigenvalue weighted by Gasteiger charge is -2.22. The van der Waals surface area contributed by atoms with Crippen molar-refractivity contribution >= 4 is 5.78 Å². The number of hydrogen-bond donors (Lipinski definition) is 0. The van der Waals surface area contributed by atoms with Crippen molar-refractivity contribution in [2.45, 2.75) is 38.2 Å². The lowest BCUT2D eigenvalue weighted by atomic mass is 9.98. The third-order valence-corrected chi connectivity index (χ3v) is 3.14. The van der Waals surface area contributed by atoms with Gasteiger partial charge in [-0.05, 0) is 5.92 Å². The summed E-state index contributed by atoms with van der Waals surface area (Å²) in [6.07, 6.45) is 5.46. The van der Waals surface area contributed by atoms with Crippen molar-refractivity contribution in [1.29, 1.82) is 0 Å². The maximum atomic E-state index is 11.7. The Kier molecular flexibility index (Phi) is 3.54. The summed E-state index contributed by atoms with van der Waals surface area (Å²) in [7, 11) is 0. The van der Waals surface area contributed by atoms with Gasteiger partial charge in [0.25, 0.3) is 0 Å². The molecule has 2 rings (SSSR count). The van der Waals surface area contributed by atoms with Crippen LogP contribution in [0.5, 0.6) is 0 Å². The summed E-state index contributed by atoms with van der Waals surface area (Å²) < 4.78 is 10.6. The van der Waals surface area contributed by atoms with Crippen LogP contribution in [0.2, 0.25) is 0 Å². The average molecular weight is 198 g/mol. The van der Waals surface area contributed by atoms with Gasteiger partial charge in [-0.25, -0.2) is 0 Å². The van der Waals surface area contributed by atoms with Crippen LogP contribution in [-0.2, 0) is 14.3 Å². The molecule has 1 saturated carbocycles. The molecule has 1 unspecified atom stereocenters. The standard InChI is InChI=1S/C11H18O3/c12-10(7-9-3-1-2-4-9)11-8-13-5-6-14-11/h9,11H,1-8H2. The Hall–Kier alpha value is -0.410. The highest BCUT2D eigenvalue weighted by atomic mass is 16.6. The second-order valence-corrected chi connectivity index (χ2v) is 4.26. The van der Waals surface area contributed by atoms with Gasteiger partial charge in [-0.15, -0.1) is 0 Å². The summed E-state index contributed by atoms with van der Waals surface area (Å²) in [5.74, 6) is 0.865. The van der Waals surface area contributed by atoms with Gasteiger partial charge in [-0.1, -0.05) is 25.7 Å². The predicted octanol–water partition coefficient (Wildman–Crippen LogP) is 1.55. The summed E-state index contributed by atoms with van der Waals surface area (Å²) in [6, 6.07) is 0. The normalized spacial score (nSPS) is 29.3. The minimum absolute atomic E-state index is 0.247. The minimum atomic E-state index is -0.274. The minimum Gasteiger partial charge on any atom is -0.376 e. The SMILES string of the molecule is O=C(CC1CCCC1)C1COCCO1. The molecule has 80 valence electrons. The van der Waals surface area contributed by atoms with Crippen molar-refractivity contribution < 1.29 is 14.3 Å². The Balaban J connectivity index is 1.75. The van der Waals surface area contributed by atoms with Gasteiger partial charge in [0.2, 0.25) is 0 Å². The first-order chi connectivity index (χ1) is 6.86. The van der Waals surface area contributed by atoms with E-state index in [0.29, 0.717) is 32.2 Å². The van der Waals surface area contributed by atoms with Gasteiger partial charge in [0, 0.05) is 6.42 Å². The van der Waals surface area contributed by atoms with E-state index >= 15 is 0 Å². The van der Waals surface area contributed by atoms with Crippen LogP contribution < -0.4 is 0 Å². The van der Waals surface area contributed by atoms with Crippen LogP contribution in [0.15, 0.2) is 0 Å². The van der Waals surface area contributed by atoms with Crippen molar-refractivity contribution in [3.05, 3.63) is 0 Å². The van der Waals surface area contributed by atoms with Gasteiger partial charge < -0.3 is 9.47 Å². The van der Waals surface area contributed by atoms with E-state index in [4.69, 9.17) is 9.47 Å². The van der Waals surface area contributed by atoms with E-state index in [1.54, 1.807) is 0 Å². The molecule has 1 saturated heterocycles. The molecule has 3 nitrogen and oxygen atoms in total. The third kappa shape index (κ3) is 2.55. The number of ether oxygens (including phenoxy) is 2. The Morgan fingerprint density at radius 3 is 2.64 bits per heavy atom. The molecule has 0 radical (unpaired) electrons. The number of rotatable bonds is 3. The quantitative estimate of drug-likeness (QED) is 0.690. The van der Waals surface area contributed by atoms with Gasteiger partial charge in [0.1, 0.15) is 6.10 Å². The van der Waals surface area contributed by atoms with Crippen molar-refractivity contribution in [3.8, 4) is 0 Å². The molecule has 1 aliphatic heterocycles. The molecule has 0 aromatic rings. The molecule has 0 amide bonds. The van der Waals surface area contributed by atoms with Crippen LogP contribution >= 0.6 is 0 Å². The molecule has 14 heavy (non-hydrogen) atoms. The Bertz CT molecular complexity index is 191. The molecule has 0 aromatic carbocycles. The van der Waals surface area contributed by atoms with E-state index in [0.717, 1.165) is 0 Å². The molecule has 3 heteroatoms. The second-order valence-electron chi connectivity index (χ2n) is 4.26. The highest BCUT2D eigenvalue weighted by Gasteiger charge is 2.26. The van der Waals surface area contributed by atoms with Crippen molar-refractivity contribution in [2.75, 3.05) is 19.8 Å². The number of Topliss-reactive ketones (excluding diaryl/α,β-unsaturated/α-hetero) is 1. The van der Waals surface area contributed by atoms with E-state index < -0.39 is 0 Å². The van der Waals surface area contributed by atoms with Gasteiger partial charge >= 0.3 is 0 Å². The van der Waals surface area contributed by atoms with E-state index in [2.05, 4.69) is 0 Å². The first kappa shape index (κ1) is 10.1. The number of ketones is 1. The summed E-state index contributed by atoms with van der Waals surface area (Å²) >= 11 is 0. The van der Waals surface area contributed by atoms with Crippen molar-refractivity contribution in [3.63, 3.8) is 0 Å². The molecule has 2 fully saturated rings. The highest BCUT2D eigenvalue weighted by Crippen LogP contribution is 2.28. The highest BCUT2D eigenvalue weighted by molar-refractivity contribution is 5.83. The number of hydrogen-bond acceptors (Lipinski definition) is 3. The van der Waals surface area contributed by atoms with E-state index in [1.807, 2.05) is 0 Å². The van der Waals surface area contributed by atoms with Crippen LogP contribution in [0.4, 0.5) is 0 Å². The molecule has 0 spiro atoms. The fourth-order valence-corrected chi connectivity index (χ4v) is 2.30. The number of carbonyl (C=O) groups is 1. The van der Waals surface area contributed by atoms with E-state index in [-0.39, 0.29) is 11.9 Å². The summed E-state index contributed by atoms with van der Waals surface area (Å²) in [6.45, 7) is 1.67. The van der Waals surface area contributed by atoms with Crippen LogP contribution in [0, 0.1) is 5.92 Å². The molecular weight excluding hydrogens is 180 g/mol. The number of carbonyl (C=O) groups excluding carboxylic acids is 1. The predicted molar refractivity (Wildman–Crippen MR) is 52.1 cm³/mol. The van der Waals surface area contributed by atoms with Gasteiger partial charge in [-0.2, -0.15) is 0 Å². The second kappa shape index (κ2) is 4.89. The Labute approximate surface area is 84.8 Å².